The molecule has 1 N–H and O–H groups in total. The standard InChI is InChI=1S/C28H27BrN2O4/c1-3-4-14-35-23-12-9-21(15-18(23)2)26(32)24-25(20-7-10-22(29)11-8-20)31(28(34)27(24)33)17-19-6-5-13-30-16-19/h5-13,15-16,25,32H,3-4,14,17H2,1-2H3/b26-24+. The first-order valence-corrected chi connectivity index (χ1v) is 12.4. The summed E-state index contributed by atoms with van der Waals surface area (Å²) in [6.45, 7) is 4.76. The molecule has 1 atom stereocenters. The Hall–Kier alpha value is -3.45. The summed E-state index contributed by atoms with van der Waals surface area (Å²) >= 11 is 3.43. The molecular weight excluding hydrogens is 508 g/mol. The quantitative estimate of drug-likeness (QED) is 0.188. The summed E-state index contributed by atoms with van der Waals surface area (Å²) in [5, 5.41) is 13.7. The number of pyridine rings is 1. The number of carbonyl (C=O) groups excluding carboxylic acids is 2. The number of Topliss-reactive ketones (excluding diaryl/α,β-unsaturated/α-hetero) is 1. The molecule has 0 bridgehead atoms. The van der Waals surface area contributed by atoms with Crippen LogP contribution in [0, 0.1) is 6.92 Å². The van der Waals surface area contributed by atoms with Crippen molar-refractivity contribution in [2.45, 2.75) is 39.3 Å². The van der Waals surface area contributed by atoms with Crippen molar-refractivity contribution in [3.63, 3.8) is 0 Å². The summed E-state index contributed by atoms with van der Waals surface area (Å²) in [5.41, 5.74) is 2.66. The van der Waals surface area contributed by atoms with Crippen LogP contribution in [0.4, 0.5) is 0 Å². The number of halogens is 1. The third-order valence-corrected chi connectivity index (χ3v) is 6.56. The minimum atomic E-state index is -0.781. The molecule has 0 spiro atoms. The summed E-state index contributed by atoms with van der Waals surface area (Å²) < 4.78 is 6.67. The summed E-state index contributed by atoms with van der Waals surface area (Å²) in [6.07, 6.45) is 5.51. The van der Waals surface area contributed by atoms with Crippen molar-refractivity contribution < 1.29 is 24.4 Å². The van der Waals surface area contributed by atoms with E-state index in [0.717, 1.165) is 28.4 Å². The predicted molar refractivity (Wildman–Crippen MR) is 134 cm³/mol. The summed E-state index contributed by atoms with van der Waals surface area (Å²) in [5.74, 6) is -1.17. The molecule has 1 amide bonds. The highest BCUT2D eigenvalue weighted by molar-refractivity contribution is 9.10. The molecule has 6 nitrogen and oxygen atoms in total. The van der Waals surface area contributed by atoms with Gasteiger partial charge in [0, 0.05) is 21.7 Å². The number of nitrogens with one attached hydrogen (secondary N) is 1. The molecule has 180 valence electrons. The van der Waals surface area contributed by atoms with Gasteiger partial charge < -0.3 is 14.7 Å². The van der Waals surface area contributed by atoms with Crippen LogP contribution in [-0.4, -0.2) is 23.2 Å². The van der Waals surface area contributed by atoms with Crippen molar-refractivity contribution in [3.05, 3.63) is 99.3 Å². The lowest BCUT2D eigenvalue weighted by molar-refractivity contribution is -0.378. The Balaban J connectivity index is 1.77. The highest BCUT2D eigenvalue weighted by Crippen LogP contribution is 2.40. The van der Waals surface area contributed by atoms with Gasteiger partial charge in [-0.25, -0.2) is 4.98 Å². The van der Waals surface area contributed by atoms with Crippen LogP contribution in [0.3, 0.4) is 0 Å². The number of amides is 1. The Morgan fingerprint density at radius 3 is 2.57 bits per heavy atom. The highest BCUT2D eigenvalue weighted by Gasteiger charge is 2.44. The zero-order valence-electron chi connectivity index (χ0n) is 19.7. The SMILES string of the molecule is CCCCOc1ccc(/C([O-])=C2\C(=O)C(=O)N(Cc3ccc[nH+]c3)C2c2ccc(Br)cc2)cc1C. The summed E-state index contributed by atoms with van der Waals surface area (Å²) in [4.78, 5) is 30.8. The van der Waals surface area contributed by atoms with Crippen LogP contribution in [0.25, 0.3) is 5.76 Å². The largest absolute Gasteiger partial charge is 0.872 e. The number of H-pyrrole nitrogens is 1. The second kappa shape index (κ2) is 10.9. The van der Waals surface area contributed by atoms with Crippen LogP contribution in [0.15, 0.2) is 77.0 Å². The van der Waals surface area contributed by atoms with Gasteiger partial charge in [0.05, 0.1) is 19.2 Å². The van der Waals surface area contributed by atoms with Gasteiger partial charge in [-0.2, -0.15) is 0 Å². The maximum Gasteiger partial charge on any atom is 0.295 e. The maximum absolute atomic E-state index is 13.7. The second-order valence-electron chi connectivity index (χ2n) is 8.55. The van der Waals surface area contributed by atoms with Crippen LogP contribution in [-0.2, 0) is 16.1 Å². The predicted octanol–water partition coefficient (Wildman–Crippen LogP) is 4.17. The average molecular weight is 535 g/mol. The van der Waals surface area contributed by atoms with E-state index in [0.29, 0.717) is 23.5 Å². The second-order valence-corrected chi connectivity index (χ2v) is 9.47. The summed E-state index contributed by atoms with van der Waals surface area (Å²) in [6, 6.07) is 15.4. The van der Waals surface area contributed by atoms with Gasteiger partial charge in [-0.15, -0.1) is 0 Å². The highest BCUT2D eigenvalue weighted by atomic mass is 79.9. The average Bonchev–Trinajstić information content (AvgIpc) is 3.10. The minimum Gasteiger partial charge on any atom is -0.872 e. The van der Waals surface area contributed by atoms with Crippen molar-refractivity contribution in [1.82, 2.24) is 4.90 Å². The van der Waals surface area contributed by atoms with Crippen LogP contribution in [0.5, 0.6) is 5.75 Å². The normalized spacial score (nSPS) is 17.1. The Kier molecular flexibility index (Phi) is 7.66. The van der Waals surface area contributed by atoms with E-state index in [9.17, 15) is 14.7 Å². The molecule has 1 fully saturated rings. The number of benzene rings is 2. The van der Waals surface area contributed by atoms with E-state index >= 15 is 0 Å². The smallest absolute Gasteiger partial charge is 0.295 e. The molecule has 1 aliphatic heterocycles. The fourth-order valence-corrected chi connectivity index (χ4v) is 4.45. The number of carbonyl (C=O) groups is 2. The van der Waals surface area contributed by atoms with E-state index in [-0.39, 0.29) is 12.1 Å². The van der Waals surface area contributed by atoms with E-state index in [2.05, 4.69) is 27.8 Å². The molecule has 1 aliphatic rings. The molecule has 1 aromatic heterocycles. The Labute approximate surface area is 213 Å². The number of aromatic nitrogens is 1. The summed E-state index contributed by atoms with van der Waals surface area (Å²) in [7, 11) is 0. The van der Waals surface area contributed by atoms with E-state index < -0.39 is 23.5 Å². The van der Waals surface area contributed by atoms with Crippen molar-refractivity contribution in [2.75, 3.05) is 6.61 Å². The molecule has 0 saturated carbocycles. The van der Waals surface area contributed by atoms with Gasteiger partial charge in [-0.3, -0.25) is 9.59 Å². The number of hydrogen-bond acceptors (Lipinski definition) is 4. The number of aryl methyl sites for hydroxylation is 1. The fourth-order valence-electron chi connectivity index (χ4n) is 4.19. The van der Waals surface area contributed by atoms with Gasteiger partial charge in [0.15, 0.2) is 12.4 Å². The van der Waals surface area contributed by atoms with Gasteiger partial charge >= 0.3 is 0 Å². The van der Waals surface area contributed by atoms with Crippen LogP contribution in [0.1, 0.15) is 48.1 Å². The van der Waals surface area contributed by atoms with Crippen LogP contribution in [0.2, 0.25) is 0 Å². The fraction of sp³-hybridized carbons (Fsp3) is 0.250. The maximum atomic E-state index is 13.7. The number of unbranched alkanes of at least 4 members (excludes halogenated alkanes) is 1. The van der Waals surface area contributed by atoms with E-state index in [1.807, 2.05) is 43.3 Å². The number of nitrogens with zero attached hydrogens (tertiary/aromatic N) is 1. The number of ketones is 1. The van der Waals surface area contributed by atoms with E-state index in [1.165, 1.54) is 4.90 Å². The molecule has 2 heterocycles. The third-order valence-electron chi connectivity index (χ3n) is 6.03. The number of aromatic amines is 1. The zero-order chi connectivity index (χ0) is 24.9. The van der Waals surface area contributed by atoms with Gasteiger partial charge in [-0.05, 0) is 60.4 Å². The lowest BCUT2D eigenvalue weighted by atomic mass is 9.94. The molecular formula is C28H27BrN2O4. The first-order valence-electron chi connectivity index (χ1n) is 11.6. The van der Waals surface area contributed by atoms with Crippen LogP contribution >= 0.6 is 15.9 Å². The molecule has 7 heteroatoms. The number of ether oxygens (including phenoxy) is 1. The molecule has 1 saturated heterocycles. The molecule has 0 aliphatic carbocycles. The van der Waals surface area contributed by atoms with Gasteiger partial charge in [0.1, 0.15) is 5.75 Å². The topological polar surface area (TPSA) is 83.8 Å². The molecule has 1 unspecified atom stereocenters. The van der Waals surface area contributed by atoms with Crippen molar-refractivity contribution in [2.24, 2.45) is 0 Å². The van der Waals surface area contributed by atoms with Crippen molar-refractivity contribution in [1.29, 1.82) is 0 Å². The molecule has 2 aromatic carbocycles. The third kappa shape index (κ3) is 5.30. The molecule has 35 heavy (non-hydrogen) atoms. The molecule has 4 rings (SSSR count). The Morgan fingerprint density at radius 1 is 1.14 bits per heavy atom. The number of likely N-dealkylation sites (tertiary alicyclic amines) is 1. The lowest BCUT2D eigenvalue weighted by Crippen LogP contribution is -2.29. The van der Waals surface area contributed by atoms with E-state index in [1.54, 1.807) is 30.6 Å². The first-order chi connectivity index (χ1) is 16.9. The van der Waals surface area contributed by atoms with Crippen LogP contribution < -0.4 is 14.8 Å². The number of rotatable bonds is 8. The lowest BCUT2D eigenvalue weighted by Gasteiger charge is -2.27. The Bertz CT molecular complexity index is 1260. The van der Waals surface area contributed by atoms with Gasteiger partial charge in [0.25, 0.3) is 5.91 Å². The Morgan fingerprint density at radius 2 is 1.91 bits per heavy atom. The monoisotopic (exact) mass is 534 g/mol. The first kappa shape index (κ1) is 24.7. The van der Waals surface area contributed by atoms with Crippen molar-refractivity contribution in [3.8, 4) is 5.75 Å². The minimum absolute atomic E-state index is 0.0312. The van der Waals surface area contributed by atoms with E-state index in [4.69, 9.17) is 4.74 Å². The van der Waals surface area contributed by atoms with Gasteiger partial charge in [-0.1, -0.05) is 53.2 Å². The van der Waals surface area contributed by atoms with Crippen molar-refractivity contribution >= 4 is 33.4 Å². The zero-order valence-corrected chi connectivity index (χ0v) is 21.3. The molecule has 0 radical (unpaired) electrons. The van der Waals surface area contributed by atoms with Gasteiger partial charge in [0.2, 0.25) is 5.78 Å². The molecule has 3 aromatic rings. The number of hydrogen-bond donors (Lipinski definition) is 0.